The van der Waals surface area contributed by atoms with Crippen LogP contribution >= 0.6 is 0 Å². The number of amides is 1. The Hall–Kier alpha value is -2.57. The van der Waals surface area contributed by atoms with Gasteiger partial charge in [0.25, 0.3) is 11.5 Å². The minimum atomic E-state index is -0.962. The van der Waals surface area contributed by atoms with Crippen LogP contribution in [-0.2, 0) is 6.54 Å². The van der Waals surface area contributed by atoms with Gasteiger partial charge in [0.1, 0.15) is 5.69 Å². The summed E-state index contributed by atoms with van der Waals surface area (Å²) >= 11 is 0. The first-order valence-corrected chi connectivity index (χ1v) is 8.15. The van der Waals surface area contributed by atoms with Crippen molar-refractivity contribution in [2.45, 2.75) is 39.3 Å². The quantitative estimate of drug-likeness (QED) is 0.805. The van der Waals surface area contributed by atoms with Crippen molar-refractivity contribution < 1.29 is 13.6 Å². The molecule has 25 heavy (non-hydrogen) atoms. The van der Waals surface area contributed by atoms with Crippen LogP contribution < -0.4 is 5.56 Å². The fourth-order valence-electron chi connectivity index (χ4n) is 2.38. The fourth-order valence-corrected chi connectivity index (χ4v) is 2.38. The molecule has 0 saturated heterocycles. The number of hydrogen-bond donors (Lipinski definition) is 0. The summed E-state index contributed by atoms with van der Waals surface area (Å²) in [6, 6.07) is 5.73. The topological polar surface area (TPSA) is 55.2 Å². The summed E-state index contributed by atoms with van der Waals surface area (Å²) in [4.78, 5) is 25.8. The molecule has 2 rings (SSSR count). The third-order valence-corrected chi connectivity index (χ3v) is 4.14. The van der Waals surface area contributed by atoms with Crippen LogP contribution in [0.15, 0.2) is 35.1 Å². The minimum absolute atomic E-state index is 0.132. The molecule has 2 aromatic rings. The Labute approximate surface area is 144 Å². The van der Waals surface area contributed by atoms with Crippen LogP contribution in [0.3, 0.4) is 0 Å². The van der Waals surface area contributed by atoms with Gasteiger partial charge in [-0.1, -0.05) is 19.4 Å². The van der Waals surface area contributed by atoms with E-state index in [4.69, 9.17) is 0 Å². The Kier molecular flexibility index (Phi) is 6.01. The van der Waals surface area contributed by atoms with E-state index < -0.39 is 23.6 Å². The normalized spacial score (nSPS) is 12.0. The van der Waals surface area contributed by atoms with E-state index in [2.05, 4.69) is 5.10 Å². The van der Waals surface area contributed by atoms with Gasteiger partial charge in [0.2, 0.25) is 0 Å². The highest BCUT2D eigenvalue weighted by molar-refractivity contribution is 5.92. The number of nitrogens with zero attached hydrogens (tertiary/aromatic N) is 3. The zero-order valence-electron chi connectivity index (χ0n) is 14.5. The molecule has 0 fully saturated rings. The second-order valence-electron chi connectivity index (χ2n) is 5.90. The van der Waals surface area contributed by atoms with Gasteiger partial charge < -0.3 is 4.90 Å². The highest BCUT2D eigenvalue weighted by Gasteiger charge is 2.21. The molecule has 1 aromatic carbocycles. The summed E-state index contributed by atoms with van der Waals surface area (Å²) in [6.45, 7) is 4.15. The fraction of sp³-hybridized carbons (Fsp3) is 0.389. The third kappa shape index (κ3) is 4.29. The maximum absolute atomic E-state index is 13.4. The number of aromatic nitrogens is 2. The van der Waals surface area contributed by atoms with E-state index >= 15 is 0 Å². The molecule has 0 aliphatic heterocycles. The van der Waals surface area contributed by atoms with Crippen molar-refractivity contribution in [3.8, 4) is 0 Å². The van der Waals surface area contributed by atoms with Crippen molar-refractivity contribution in [3.63, 3.8) is 0 Å². The molecule has 0 saturated carbocycles. The van der Waals surface area contributed by atoms with Gasteiger partial charge in [0.15, 0.2) is 11.6 Å². The van der Waals surface area contributed by atoms with Gasteiger partial charge in [-0.2, -0.15) is 5.10 Å². The summed E-state index contributed by atoms with van der Waals surface area (Å²) < 4.78 is 27.8. The number of hydrogen-bond acceptors (Lipinski definition) is 3. The molecule has 134 valence electrons. The standard InChI is InChI=1S/C18H21F2N3O2/c1-4-5-10-23-17(24)9-8-16(21-23)18(25)22(3)12(2)13-6-7-14(19)15(20)11-13/h6-9,11-12H,4-5,10H2,1-3H3. The van der Waals surface area contributed by atoms with Gasteiger partial charge in [0.05, 0.1) is 6.04 Å². The third-order valence-electron chi connectivity index (χ3n) is 4.14. The Bertz CT molecular complexity index is 820. The maximum Gasteiger partial charge on any atom is 0.274 e. The first-order valence-electron chi connectivity index (χ1n) is 8.15. The number of aryl methyl sites for hydroxylation is 1. The molecule has 0 aliphatic rings. The molecule has 1 amide bonds. The van der Waals surface area contributed by atoms with Crippen molar-refractivity contribution in [2.75, 3.05) is 7.05 Å². The molecule has 1 atom stereocenters. The predicted molar refractivity (Wildman–Crippen MR) is 90.3 cm³/mol. The first kappa shape index (κ1) is 18.8. The first-order chi connectivity index (χ1) is 11.8. The summed E-state index contributed by atoms with van der Waals surface area (Å²) in [5.41, 5.74) is 0.336. The number of unbranched alkanes of at least 4 members (excludes halogenated alkanes) is 1. The second-order valence-corrected chi connectivity index (χ2v) is 5.90. The SMILES string of the molecule is CCCCn1nc(C(=O)N(C)C(C)c2ccc(F)c(F)c2)ccc1=O. The van der Waals surface area contributed by atoms with Crippen LogP contribution in [-0.4, -0.2) is 27.6 Å². The minimum Gasteiger partial charge on any atom is -0.334 e. The molecule has 1 aromatic heterocycles. The van der Waals surface area contributed by atoms with E-state index in [0.717, 1.165) is 25.0 Å². The van der Waals surface area contributed by atoms with E-state index in [-0.39, 0.29) is 11.3 Å². The van der Waals surface area contributed by atoms with Gasteiger partial charge >= 0.3 is 0 Å². The summed E-state index contributed by atoms with van der Waals surface area (Å²) in [6.07, 6.45) is 1.69. The lowest BCUT2D eigenvalue weighted by atomic mass is 10.1. The molecule has 0 bridgehead atoms. The van der Waals surface area contributed by atoms with Crippen LogP contribution in [0.2, 0.25) is 0 Å². The number of halogens is 2. The van der Waals surface area contributed by atoms with Crippen molar-refractivity contribution in [2.24, 2.45) is 0 Å². The molecule has 0 radical (unpaired) electrons. The Balaban J connectivity index is 2.23. The van der Waals surface area contributed by atoms with E-state index in [0.29, 0.717) is 12.1 Å². The molecule has 1 heterocycles. The largest absolute Gasteiger partial charge is 0.334 e. The van der Waals surface area contributed by atoms with E-state index in [1.807, 2.05) is 6.92 Å². The average molecular weight is 349 g/mol. The van der Waals surface area contributed by atoms with Crippen molar-refractivity contribution in [1.29, 1.82) is 0 Å². The average Bonchev–Trinajstić information content (AvgIpc) is 2.61. The van der Waals surface area contributed by atoms with Crippen LogP contribution in [0.25, 0.3) is 0 Å². The molecule has 7 heteroatoms. The molecule has 5 nitrogen and oxygen atoms in total. The van der Waals surface area contributed by atoms with E-state index in [1.165, 1.54) is 27.8 Å². The molecule has 0 aliphatic carbocycles. The van der Waals surface area contributed by atoms with E-state index in [9.17, 15) is 18.4 Å². The van der Waals surface area contributed by atoms with Crippen LogP contribution in [0, 0.1) is 11.6 Å². The molecule has 0 spiro atoms. The lowest BCUT2D eigenvalue weighted by Gasteiger charge is -2.25. The highest BCUT2D eigenvalue weighted by Crippen LogP contribution is 2.22. The summed E-state index contributed by atoms with van der Waals surface area (Å²) in [7, 11) is 1.55. The van der Waals surface area contributed by atoms with Crippen molar-refractivity contribution in [1.82, 2.24) is 14.7 Å². The summed E-state index contributed by atoms with van der Waals surface area (Å²) in [5.74, 6) is -2.30. The van der Waals surface area contributed by atoms with Crippen LogP contribution in [0.1, 0.15) is 48.8 Å². The number of rotatable bonds is 6. The van der Waals surface area contributed by atoms with Crippen molar-refractivity contribution >= 4 is 5.91 Å². The Morgan fingerprint density at radius 3 is 2.60 bits per heavy atom. The number of carbonyl (C=O) groups excluding carboxylic acids is 1. The molecular formula is C18H21F2N3O2. The lowest BCUT2D eigenvalue weighted by molar-refractivity contribution is 0.0733. The van der Waals surface area contributed by atoms with Gasteiger partial charge in [-0.05, 0) is 37.1 Å². The molecule has 0 N–H and O–H groups in total. The Morgan fingerprint density at radius 2 is 1.96 bits per heavy atom. The van der Waals surface area contributed by atoms with Crippen LogP contribution in [0.4, 0.5) is 8.78 Å². The monoisotopic (exact) mass is 349 g/mol. The van der Waals surface area contributed by atoms with Gasteiger partial charge in [-0.25, -0.2) is 13.5 Å². The zero-order valence-corrected chi connectivity index (χ0v) is 14.5. The number of carbonyl (C=O) groups is 1. The smallest absolute Gasteiger partial charge is 0.274 e. The highest BCUT2D eigenvalue weighted by atomic mass is 19.2. The second kappa shape index (κ2) is 8.00. The molecular weight excluding hydrogens is 328 g/mol. The van der Waals surface area contributed by atoms with Gasteiger partial charge in [0, 0.05) is 19.7 Å². The Morgan fingerprint density at radius 1 is 1.24 bits per heavy atom. The van der Waals surface area contributed by atoms with Crippen molar-refractivity contribution in [3.05, 3.63) is 63.6 Å². The van der Waals surface area contributed by atoms with Gasteiger partial charge in [-0.3, -0.25) is 9.59 Å². The summed E-state index contributed by atoms with van der Waals surface area (Å²) in [5, 5.41) is 4.12. The molecule has 1 unspecified atom stereocenters. The number of benzene rings is 1. The maximum atomic E-state index is 13.4. The predicted octanol–water partition coefficient (Wildman–Crippen LogP) is 3.15. The zero-order chi connectivity index (χ0) is 18.6. The van der Waals surface area contributed by atoms with Crippen LogP contribution in [0.5, 0.6) is 0 Å². The van der Waals surface area contributed by atoms with Gasteiger partial charge in [-0.15, -0.1) is 0 Å². The van der Waals surface area contributed by atoms with E-state index in [1.54, 1.807) is 14.0 Å². The lowest BCUT2D eigenvalue weighted by Crippen LogP contribution is -2.33.